The molecule has 5 rings (SSSR count). The van der Waals surface area contributed by atoms with E-state index in [1.54, 1.807) is 22.8 Å². The van der Waals surface area contributed by atoms with Crippen molar-refractivity contribution in [1.82, 2.24) is 4.57 Å². The number of carbonyl (C=O) groups is 1. The van der Waals surface area contributed by atoms with Gasteiger partial charge in [-0.25, -0.2) is 9.79 Å². The third-order valence-electron chi connectivity index (χ3n) is 6.07. The van der Waals surface area contributed by atoms with Gasteiger partial charge in [0, 0.05) is 5.02 Å². The molecule has 4 aromatic rings. The highest BCUT2D eigenvalue weighted by molar-refractivity contribution is 7.07. The van der Waals surface area contributed by atoms with Crippen molar-refractivity contribution in [1.29, 1.82) is 0 Å². The topological polar surface area (TPSA) is 79.1 Å². The quantitative estimate of drug-likeness (QED) is 0.294. The molecule has 9 heteroatoms. The number of methoxy groups -OCH3 is 1. The van der Waals surface area contributed by atoms with E-state index in [9.17, 15) is 9.59 Å². The van der Waals surface area contributed by atoms with E-state index in [0.29, 0.717) is 32.5 Å². The molecule has 1 aliphatic rings. The lowest BCUT2D eigenvalue weighted by Crippen LogP contribution is -2.36. The molecule has 7 nitrogen and oxygen atoms in total. The first kappa shape index (κ1) is 26.5. The highest BCUT2D eigenvalue weighted by atomic mass is 35.5. The van der Waals surface area contributed by atoms with Crippen molar-refractivity contribution in [3.63, 3.8) is 0 Å². The fourth-order valence-corrected chi connectivity index (χ4v) is 5.34. The number of aromatic nitrogens is 1. The highest BCUT2D eigenvalue weighted by Crippen LogP contribution is 2.30. The zero-order valence-corrected chi connectivity index (χ0v) is 22.9. The van der Waals surface area contributed by atoms with Gasteiger partial charge in [0.25, 0.3) is 5.56 Å². The molecule has 0 radical (unpaired) electrons. The maximum atomic E-state index is 13.7. The Kier molecular flexibility index (Phi) is 7.95. The number of allylic oxidation sites excluding steroid dienone is 1. The molecule has 0 amide bonds. The molecule has 0 spiro atoms. The second-order valence-corrected chi connectivity index (χ2v) is 10.0. The minimum atomic E-state index is -0.493. The first-order valence-electron chi connectivity index (χ1n) is 12.3. The van der Waals surface area contributed by atoms with Crippen LogP contribution < -0.4 is 24.4 Å². The molecule has 0 saturated heterocycles. The Hall–Kier alpha value is -4.14. The zero-order chi connectivity index (χ0) is 27.4. The summed E-state index contributed by atoms with van der Waals surface area (Å²) in [4.78, 5) is 30.7. The normalized spacial score (nSPS) is 14.7. The summed E-state index contributed by atoms with van der Waals surface area (Å²) in [6.07, 6.45) is 3.81. The number of esters is 1. The van der Waals surface area contributed by atoms with Gasteiger partial charge in [0.05, 0.1) is 30.0 Å². The number of ether oxygens (including phenoxy) is 3. The van der Waals surface area contributed by atoms with Gasteiger partial charge in [-0.05, 0) is 60.0 Å². The Morgan fingerprint density at radius 3 is 2.54 bits per heavy atom. The van der Waals surface area contributed by atoms with Crippen LogP contribution in [0.1, 0.15) is 29.7 Å². The standard InChI is InChI=1S/C30H25ClN2O5S/c1-3-37-26-15-19(9-14-25(26)38-18-28(34)36-2)16-27-29(35)33-24(21-10-12-22(31)13-11-21)17-23(32-30(33)39-27)20-7-5-4-6-8-20/h4-17,24H,3,18H2,1-2H3. The van der Waals surface area contributed by atoms with E-state index in [-0.39, 0.29) is 18.2 Å². The minimum absolute atomic E-state index is 0.147. The SMILES string of the molecule is CCOc1cc(C=c2sc3n(c2=O)C(c2ccc(Cl)cc2)C=C(c2ccccc2)N=3)ccc1OCC(=O)OC. The number of benzene rings is 3. The van der Waals surface area contributed by atoms with Crippen LogP contribution in [-0.2, 0) is 9.53 Å². The molecule has 0 aliphatic carbocycles. The van der Waals surface area contributed by atoms with E-state index in [1.807, 2.05) is 73.7 Å². The zero-order valence-electron chi connectivity index (χ0n) is 21.3. The smallest absolute Gasteiger partial charge is 0.343 e. The molecule has 1 atom stereocenters. The third kappa shape index (κ3) is 5.82. The molecule has 1 aliphatic heterocycles. The van der Waals surface area contributed by atoms with Gasteiger partial charge in [0.15, 0.2) is 22.9 Å². The number of nitrogens with zero attached hydrogens (tertiary/aromatic N) is 2. The molecule has 1 aromatic heterocycles. The van der Waals surface area contributed by atoms with Gasteiger partial charge in [-0.2, -0.15) is 0 Å². The molecule has 0 bridgehead atoms. The van der Waals surface area contributed by atoms with Crippen LogP contribution in [-0.4, -0.2) is 30.9 Å². The van der Waals surface area contributed by atoms with E-state index in [0.717, 1.165) is 22.4 Å². The predicted molar refractivity (Wildman–Crippen MR) is 152 cm³/mol. The summed E-state index contributed by atoms with van der Waals surface area (Å²) in [6.45, 7) is 2.03. The van der Waals surface area contributed by atoms with Crippen LogP contribution in [0.5, 0.6) is 11.5 Å². The average molecular weight is 561 g/mol. The maximum absolute atomic E-state index is 13.7. The van der Waals surface area contributed by atoms with Crippen LogP contribution in [0.2, 0.25) is 5.02 Å². The number of carbonyl (C=O) groups excluding carboxylic acids is 1. The molecule has 2 heterocycles. The molecule has 0 saturated carbocycles. The number of halogens is 1. The van der Waals surface area contributed by atoms with Gasteiger partial charge in [-0.15, -0.1) is 0 Å². The first-order chi connectivity index (χ1) is 19.0. The molecular weight excluding hydrogens is 536 g/mol. The van der Waals surface area contributed by atoms with Crippen molar-refractivity contribution < 1.29 is 19.0 Å². The number of thiazole rings is 1. The fourth-order valence-electron chi connectivity index (χ4n) is 4.20. The summed E-state index contributed by atoms with van der Waals surface area (Å²) < 4.78 is 18.2. The molecule has 198 valence electrons. The lowest BCUT2D eigenvalue weighted by atomic mass is 10.0. The van der Waals surface area contributed by atoms with Crippen molar-refractivity contribution in [2.24, 2.45) is 4.99 Å². The van der Waals surface area contributed by atoms with E-state index >= 15 is 0 Å². The monoisotopic (exact) mass is 560 g/mol. The Morgan fingerprint density at radius 1 is 1.05 bits per heavy atom. The largest absolute Gasteiger partial charge is 0.490 e. The summed E-state index contributed by atoms with van der Waals surface area (Å²) >= 11 is 7.47. The number of hydrogen-bond donors (Lipinski definition) is 0. The van der Waals surface area contributed by atoms with Crippen molar-refractivity contribution in [2.75, 3.05) is 20.3 Å². The van der Waals surface area contributed by atoms with Crippen LogP contribution in [0.4, 0.5) is 0 Å². The molecule has 3 aromatic carbocycles. The second kappa shape index (κ2) is 11.7. The Bertz CT molecular complexity index is 1710. The van der Waals surface area contributed by atoms with Gasteiger partial charge < -0.3 is 14.2 Å². The van der Waals surface area contributed by atoms with Crippen molar-refractivity contribution in [3.8, 4) is 11.5 Å². The van der Waals surface area contributed by atoms with Gasteiger partial charge in [0.2, 0.25) is 0 Å². The summed E-state index contributed by atoms with van der Waals surface area (Å²) in [5.74, 6) is 0.386. The highest BCUT2D eigenvalue weighted by Gasteiger charge is 2.22. The first-order valence-corrected chi connectivity index (χ1v) is 13.5. The predicted octanol–water partition coefficient (Wildman–Crippen LogP) is 4.61. The van der Waals surface area contributed by atoms with Gasteiger partial charge in [0.1, 0.15) is 0 Å². The summed E-state index contributed by atoms with van der Waals surface area (Å²) in [5.41, 5.74) is 3.30. The Labute approximate surface area is 233 Å². The van der Waals surface area contributed by atoms with Gasteiger partial charge in [-0.1, -0.05) is 71.5 Å². The van der Waals surface area contributed by atoms with Crippen LogP contribution in [0, 0.1) is 0 Å². The molecule has 1 unspecified atom stereocenters. The molecule has 0 N–H and O–H groups in total. The molecule has 39 heavy (non-hydrogen) atoms. The van der Waals surface area contributed by atoms with Crippen LogP contribution in [0.15, 0.2) is 88.7 Å². The number of fused-ring (bicyclic) bond motifs is 1. The Balaban J connectivity index is 1.60. The second-order valence-electron chi connectivity index (χ2n) is 8.60. The van der Waals surface area contributed by atoms with E-state index < -0.39 is 5.97 Å². The minimum Gasteiger partial charge on any atom is -0.490 e. The van der Waals surface area contributed by atoms with Crippen LogP contribution >= 0.6 is 22.9 Å². The van der Waals surface area contributed by atoms with Gasteiger partial charge >= 0.3 is 5.97 Å². The van der Waals surface area contributed by atoms with E-state index in [1.165, 1.54) is 18.4 Å². The van der Waals surface area contributed by atoms with Crippen LogP contribution in [0.3, 0.4) is 0 Å². The van der Waals surface area contributed by atoms with Crippen molar-refractivity contribution >= 4 is 40.7 Å². The number of rotatable bonds is 8. The van der Waals surface area contributed by atoms with Crippen molar-refractivity contribution in [2.45, 2.75) is 13.0 Å². The maximum Gasteiger partial charge on any atom is 0.343 e. The molecule has 0 fully saturated rings. The van der Waals surface area contributed by atoms with E-state index in [4.69, 9.17) is 26.1 Å². The van der Waals surface area contributed by atoms with Crippen LogP contribution in [0.25, 0.3) is 11.8 Å². The third-order valence-corrected chi connectivity index (χ3v) is 7.30. The summed E-state index contributed by atoms with van der Waals surface area (Å²) in [7, 11) is 1.30. The van der Waals surface area contributed by atoms with E-state index in [2.05, 4.69) is 4.74 Å². The summed E-state index contributed by atoms with van der Waals surface area (Å²) in [5, 5.41) is 0.627. The fraction of sp³-hybridized carbons (Fsp3) is 0.167. The average Bonchev–Trinajstić information content (AvgIpc) is 3.27. The lowest BCUT2D eigenvalue weighted by molar-refractivity contribution is -0.142. The molecular formula is C30H25ClN2O5S. The summed E-state index contributed by atoms with van der Waals surface area (Å²) in [6, 6.07) is 22.3. The number of hydrogen-bond acceptors (Lipinski definition) is 7. The Morgan fingerprint density at radius 2 is 1.82 bits per heavy atom. The lowest BCUT2D eigenvalue weighted by Gasteiger charge is -2.19. The van der Waals surface area contributed by atoms with Crippen molar-refractivity contribution in [3.05, 3.63) is 120 Å². The van der Waals surface area contributed by atoms with Gasteiger partial charge in [-0.3, -0.25) is 9.36 Å².